The van der Waals surface area contributed by atoms with Gasteiger partial charge in [0.1, 0.15) is 13.2 Å². The zero-order chi connectivity index (χ0) is 16.5. The molecule has 0 saturated heterocycles. The van der Waals surface area contributed by atoms with Gasteiger partial charge in [-0.1, -0.05) is 0 Å². The molecule has 0 heterocycles. The first-order valence-corrected chi connectivity index (χ1v) is 6.66. The molecule has 0 radical (unpaired) electrons. The third-order valence-corrected chi connectivity index (χ3v) is 2.76. The second-order valence-corrected chi connectivity index (χ2v) is 4.44. The first-order chi connectivity index (χ1) is 10.4. The van der Waals surface area contributed by atoms with E-state index in [-0.39, 0.29) is 30.8 Å². The number of ether oxygens (including phenoxy) is 2. The van der Waals surface area contributed by atoms with Gasteiger partial charge in [-0.2, -0.15) is 0 Å². The third kappa shape index (κ3) is 6.21. The molecule has 0 N–H and O–H groups in total. The van der Waals surface area contributed by atoms with E-state index < -0.39 is 4.92 Å². The van der Waals surface area contributed by atoms with Gasteiger partial charge in [-0.05, 0) is 12.1 Å². The van der Waals surface area contributed by atoms with Crippen LogP contribution < -0.4 is 4.90 Å². The van der Waals surface area contributed by atoms with E-state index >= 15 is 0 Å². The summed E-state index contributed by atoms with van der Waals surface area (Å²) in [4.78, 5) is 33.6. The van der Waals surface area contributed by atoms with Gasteiger partial charge in [0.15, 0.2) is 0 Å². The van der Waals surface area contributed by atoms with Gasteiger partial charge in [0.2, 0.25) is 0 Å². The molecule has 0 saturated carbocycles. The van der Waals surface area contributed by atoms with Crippen molar-refractivity contribution in [2.75, 3.05) is 31.2 Å². The molecule has 120 valence electrons. The van der Waals surface area contributed by atoms with Crippen LogP contribution in [-0.4, -0.2) is 43.2 Å². The molecule has 0 aliphatic heterocycles. The highest BCUT2D eigenvalue weighted by Crippen LogP contribution is 2.19. The van der Waals surface area contributed by atoms with Crippen molar-refractivity contribution in [2.45, 2.75) is 13.8 Å². The van der Waals surface area contributed by atoms with E-state index in [0.717, 1.165) is 0 Å². The summed E-state index contributed by atoms with van der Waals surface area (Å²) in [5.74, 6) is -0.771. The molecular formula is C14H18N2O6. The van der Waals surface area contributed by atoms with Gasteiger partial charge in [-0.25, -0.2) is 0 Å². The van der Waals surface area contributed by atoms with Crippen LogP contribution in [0.5, 0.6) is 0 Å². The highest BCUT2D eigenvalue weighted by Gasteiger charge is 2.11. The Bertz CT molecular complexity index is 509. The van der Waals surface area contributed by atoms with E-state index in [1.54, 1.807) is 12.1 Å². The van der Waals surface area contributed by atoms with Gasteiger partial charge in [-0.15, -0.1) is 0 Å². The molecule has 8 nitrogen and oxygen atoms in total. The zero-order valence-corrected chi connectivity index (χ0v) is 12.5. The molecule has 0 bridgehead atoms. The van der Waals surface area contributed by atoms with Gasteiger partial charge >= 0.3 is 11.9 Å². The van der Waals surface area contributed by atoms with Gasteiger partial charge < -0.3 is 14.4 Å². The third-order valence-electron chi connectivity index (χ3n) is 2.76. The first kappa shape index (κ1) is 17.4. The monoisotopic (exact) mass is 310 g/mol. The molecule has 1 aromatic carbocycles. The summed E-state index contributed by atoms with van der Waals surface area (Å²) in [5.41, 5.74) is 0.702. The van der Waals surface area contributed by atoms with Crippen LogP contribution in [0.4, 0.5) is 11.4 Å². The predicted octanol–water partition coefficient (Wildman–Crippen LogP) is 1.53. The van der Waals surface area contributed by atoms with Crippen molar-refractivity contribution in [1.82, 2.24) is 0 Å². The van der Waals surface area contributed by atoms with Crippen molar-refractivity contribution < 1.29 is 24.0 Å². The van der Waals surface area contributed by atoms with Crippen LogP contribution in [0, 0.1) is 10.1 Å². The van der Waals surface area contributed by atoms with Crippen LogP contribution in [0.2, 0.25) is 0 Å². The molecule has 0 fully saturated rings. The fourth-order valence-electron chi connectivity index (χ4n) is 1.75. The van der Waals surface area contributed by atoms with E-state index in [0.29, 0.717) is 18.8 Å². The van der Waals surface area contributed by atoms with Gasteiger partial charge in [0.25, 0.3) is 5.69 Å². The number of rotatable bonds is 8. The van der Waals surface area contributed by atoms with E-state index in [4.69, 9.17) is 9.47 Å². The molecule has 0 unspecified atom stereocenters. The minimum absolute atomic E-state index is 0.0105. The molecule has 8 heteroatoms. The molecule has 0 amide bonds. The quantitative estimate of drug-likeness (QED) is 0.408. The lowest BCUT2D eigenvalue weighted by molar-refractivity contribution is -0.384. The van der Waals surface area contributed by atoms with E-state index in [2.05, 4.69) is 0 Å². The molecule has 0 atom stereocenters. The smallest absolute Gasteiger partial charge is 0.302 e. The van der Waals surface area contributed by atoms with Crippen LogP contribution in [0.25, 0.3) is 0 Å². The van der Waals surface area contributed by atoms with Crippen molar-refractivity contribution in [3.8, 4) is 0 Å². The standard InChI is InChI=1S/C14H18N2O6/c1-11(17)21-9-7-15(8-10-22-12(2)18)13-3-5-14(6-4-13)16(19)20/h3-6H,7-10H2,1-2H3. The average Bonchev–Trinajstić information content (AvgIpc) is 2.45. The van der Waals surface area contributed by atoms with E-state index in [1.165, 1.54) is 26.0 Å². The Morgan fingerprint density at radius 1 is 1.05 bits per heavy atom. The minimum atomic E-state index is -0.480. The van der Waals surface area contributed by atoms with Crippen LogP contribution in [0.15, 0.2) is 24.3 Å². The summed E-state index contributed by atoms with van der Waals surface area (Å²) in [6.45, 7) is 3.75. The molecule has 1 aromatic rings. The number of hydrogen-bond acceptors (Lipinski definition) is 7. The molecule has 0 aromatic heterocycles. The topological polar surface area (TPSA) is 99.0 Å². The van der Waals surface area contributed by atoms with Gasteiger partial charge in [0, 0.05) is 31.7 Å². The normalized spacial score (nSPS) is 9.91. The van der Waals surface area contributed by atoms with Gasteiger partial charge in [-0.3, -0.25) is 19.7 Å². The van der Waals surface area contributed by atoms with Crippen LogP contribution in [0.3, 0.4) is 0 Å². The molecule has 0 aliphatic rings. The second kappa shape index (κ2) is 8.60. The maximum atomic E-state index is 10.8. The second-order valence-electron chi connectivity index (χ2n) is 4.44. The number of hydrogen-bond donors (Lipinski definition) is 0. The van der Waals surface area contributed by atoms with Crippen molar-refractivity contribution in [3.05, 3.63) is 34.4 Å². The van der Waals surface area contributed by atoms with Gasteiger partial charge in [0.05, 0.1) is 18.0 Å². The summed E-state index contributed by atoms with van der Waals surface area (Å²) < 4.78 is 9.77. The predicted molar refractivity (Wildman–Crippen MR) is 78.6 cm³/mol. The number of carbonyl (C=O) groups excluding carboxylic acids is 2. The van der Waals surface area contributed by atoms with Crippen molar-refractivity contribution in [1.29, 1.82) is 0 Å². The summed E-state index contributed by atoms with van der Waals surface area (Å²) in [7, 11) is 0. The zero-order valence-electron chi connectivity index (χ0n) is 12.5. The maximum absolute atomic E-state index is 10.8. The van der Waals surface area contributed by atoms with Crippen molar-refractivity contribution in [3.63, 3.8) is 0 Å². The number of non-ortho nitro benzene ring substituents is 1. The fraction of sp³-hybridized carbons (Fsp3) is 0.429. The Morgan fingerprint density at radius 2 is 1.50 bits per heavy atom. The SMILES string of the molecule is CC(=O)OCCN(CCOC(C)=O)c1ccc([N+](=O)[O-])cc1. The highest BCUT2D eigenvalue weighted by molar-refractivity contribution is 5.66. The Hall–Kier alpha value is -2.64. The summed E-state index contributed by atoms with van der Waals surface area (Å²) in [5, 5.41) is 10.7. The Balaban J connectivity index is 2.71. The number of benzene rings is 1. The number of carbonyl (C=O) groups is 2. The Kier molecular flexibility index (Phi) is 6.81. The lowest BCUT2D eigenvalue weighted by atomic mass is 10.2. The minimum Gasteiger partial charge on any atom is -0.464 e. The van der Waals surface area contributed by atoms with Crippen molar-refractivity contribution in [2.24, 2.45) is 0 Å². The lowest BCUT2D eigenvalue weighted by Crippen LogP contribution is -2.31. The maximum Gasteiger partial charge on any atom is 0.302 e. The number of nitrogens with zero attached hydrogens (tertiary/aromatic N) is 2. The summed E-state index contributed by atoms with van der Waals surface area (Å²) >= 11 is 0. The fourth-order valence-corrected chi connectivity index (χ4v) is 1.75. The number of nitro benzene ring substituents is 1. The van der Waals surface area contributed by atoms with Crippen LogP contribution in [-0.2, 0) is 19.1 Å². The van der Waals surface area contributed by atoms with Crippen LogP contribution in [0.1, 0.15) is 13.8 Å². The summed E-state index contributed by atoms with van der Waals surface area (Å²) in [6.07, 6.45) is 0. The molecule has 1 rings (SSSR count). The average molecular weight is 310 g/mol. The lowest BCUT2D eigenvalue weighted by Gasteiger charge is -2.24. The van der Waals surface area contributed by atoms with Crippen molar-refractivity contribution >= 4 is 23.3 Å². The van der Waals surface area contributed by atoms with Crippen LogP contribution >= 0.6 is 0 Å². The number of esters is 2. The van der Waals surface area contributed by atoms with E-state index in [1.807, 2.05) is 4.90 Å². The summed E-state index contributed by atoms with van der Waals surface area (Å²) in [6, 6.07) is 5.97. The Morgan fingerprint density at radius 3 is 1.86 bits per heavy atom. The molecule has 0 spiro atoms. The largest absolute Gasteiger partial charge is 0.464 e. The highest BCUT2D eigenvalue weighted by atomic mass is 16.6. The molecular weight excluding hydrogens is 292 g/mol. The number of nitro groups is 1. The number of anilines is 1. The van der Waals surface area contributed by atoms with E-state index in [9.17, 15) is 19.7 Å². The Labute approximate surface area is 127 Å². The molecule has 0 aliphatic carbocycles. The first-order valence-electron chi connectivity index (χ1n) is 6.66. The molecule has 22 heavy (non-hydrogen) atoms.